The quantitative estimate of drug-likeness (QED) is 0.312. The number of rotatable bonds is 7. The number of anilines is 2. The molecule has 3 fully saturated rings. The number of fused-ring (bicyclic) bond motifs is 2. The van der Waals surface area contributed by atoms with Crippen LogP contribution in [0.4, 0.5) is 15.5 Å². The highest BCUT2D eigenvalue weighted by Crippen LogP contribution is 2.60. The van der Waals surface area contributed by atoms with E-state index in [1.807, 2.05) is 25.1 Å². The Morgan fingerprint density at radius 2 is 2.03 bits per heavy atom. The molecule has 0 unspecified atom stereocenters. The summed E-state index contributed by atoms with van der Waals surface area (Å²) in [4.78, 5) is 45.4. The first-order valence-corrected chi connectivity index (χ1v) is 17.1. The smallest absolute Gasteiger partial charge is 0.264 e. The normalized spacial score (nSPS) is 30.9. The second-order valence-electron chi connectivity index (χ2n) is 11.9. The summed E-state index contributed by atoms with van der Waals surface area (Å²) in [6, 6.07) is 5.34. The number of ether oxygens (including phenoxy) is 1. The van der Waals surface area contributed by atoms with Gasteiger partial charge in [-0.1, -0.05) is 13.0 Å². The van der Waals surface area contributed by atoms with Crippen LogP contribution in [-0.2, 0) is 24.7 Å². The molecule has 1 aromatic rings. The van der Waals surface area contributed by atoms with E-state index in [1.165, 1.54) is 0 Å². The summed E-state index contributed by atoms with van der Waals surface area (Å²) in [6.07, 6.45) is 4.63. The van der Waals surface area contributed by atoms with Gasteiger partial charge in [-0.05, 0) is 57.0 Å². The van der Waals surface area contributed by atoms with Crippen molar-refractivity contribution in [3.63, 3.8) is 0 Å². The standard InChI is InChI=1S/C29H40FN3O5Si/c1-5-13-33-23-12-11-20(31-14-7-6-10-25(31)35)16-22(23)29(28(33)37)19(2)27(39(3,4)30)24(38-29)17-26(36)32-15-8-9-21(32)18-34/h5,11-12,16,19,21,24,27,34H,1,6-10,13-15,17-18H2,2-4H3/t19-,21+,24+,27-,29+/m1/s1. The highest BCUT2D eigenvalue weighted by Gasteiger charge is 2.67. The molecule has 39 heavy (non-hydrogen) atoms. The predicted octanol–water partition coefficient (Wildman–Crippen LogP) is 3.88. The topological polar surface area (TPSA) is 90.4 Å². The fraction of sp³-hybridized carbons (Fsp3) is 0.621. The first-order valence-electron chi connectivity index (χ1n) is 14.2. The molecule has 1 N–H and O–H groups in total. The Labute approximate surface area is 231 Å². The average Bonchev–Trinajstić information content (AvgIpc) is 3.55. The molecule has 4 heterocycles. The highest BCUT2D eigenvalue weighted by atomic mass is 28.4. The summed E-state index contributed by atoms with van der Waals surface area (Å²) in [5.41, 5.74) is -0.0511. The molecule has 3 amide bonds. The Morgan fingerprint density at radius 3 is 2.69 bits per heavy atom. The Hall–Kier alpha value is -2.56. The lowest BCUT2D eigenvalue weighted by atomic mass is 9.82. The molecule has 0 bridgehead atoms. The second kappa shape index (κ2) is 10.4. The van der Waals surface area contributed by atoms with Crippen molar-refractivity contribution in [3.05, 3.63) is 36.4 Å². The minimum atomic E-state index is -3.42. The van der Waals surface area contributed by atoms with Gasteiger partial charge in [0, 0.05) is 48.8 Å². The monoisotopic (exact) mass is 557 g/mol. The first-order chi connectivity index (χ1) is 18.5. The summed E-state index contributed by atoms with van der Waals surface area (Å²) in [6.45, 7) is 10.2. The first kappa shape index (κ1) is 28.0. The Bertz CT molecular complexity index is 1170. The number of aliphatic hydroxyl groups excluding tert-OH is 1. The molecular formula is C29H40FN3O5Si. The molecule has 4 aliphatic rings. The highest BCUT2D eigenvalue weighted by molar-refractivity contribution is 6.72. The average molecular weight is 558 g/mol. The van der Waals surface area contributed by atoms with Gasteiger partial charge >= 0.3 is 0 Å². The zero-order chi connectivity index (χ0) is 28.1. The molecular weight excluding hydrogens is 517 g/mol. The van der Waals surface area contributed by atoms with Crippen molar-refractivity contribution in [2.24, 2.45) is 5.92 Å². The number of carbonyl (C=O) groups excluding carboxylic acids is 3. The molecule has 1 aromatic carbocycles. The fourth-order valence-electron chi connectivity index (χ4n) is 7.44. The van der Waals surface area contributed by atoms with Gasteiger partial charge < -0.3 is 28.7 Å². The minimum Gasteiger partial charge on any atom is -0.394 e. The van der Waals surface area contributed by atoms with E-state index in [4.69, 9.17) is 4.74 Å². The molecule has 212 valence electrons. The van der Waals surface area contributed by atoms with Gasteiger partial charge in [-0.25, -0.2) is 0 Å². The predicted molar refractivity (Wildman–Crippen MR) is 150 cm³/mol. The third kappa shape index (κ3) is 4.54. The summed E-state index contributed by atoms with van der Waals surface area (Å²) < 4.78 is 22.8. The SMILES string of the molecule is C=CCN1C(=O)[C@@]2(O[C@@H](CC(=O)N3CCC[C@H]3CO)[C@H]([Si](C)(C)F)[C@H]2C)c2cc(N3CCCCC3=O)ccc21. The lowest BCUT2D eigenvalue weighted by Gasteiger charge is -2.32. The maximum atomic E-state index is 16.1. The van der Waals surface area contributed by atoms with E-state index in [1.54, 1.807) is 33.9 Å². The van der Waals surface area contributed by atoms with Gasteiger partial charge in [0.05, 0.1) is 30.9 Å². The molecule has 0 aliphatic carbocycles. The third-order valence-electron chi connectivity index (χ3n) is 9.18. The Kier molecular flexibility index (Phi) is 7.49. The van der Waals surface area contributed by atoms with Crippen molar-refractivity contribution in [2.75, 3.05) is 36.0 Å². The molecule has 4 aliphatic heterocycles. The van der Waals surface area contributed by atoms with E-state index in [0.29, 0.717) is 36.4 Å². The van der Waals surface area contributed by atoms with Crippen LogP contribution in [0.15, 0.2) is 30.9 Å². The van der Waals surface area contributed by atoms with Gasteiger partial charge in [0.2, 0.25) is 20.2 Å². The maximum absolute atomic E-state index is 16.1. The number of amides is 3. The molecule has 10 heteroatoms. The summed E-state index contributed by atoms with van der Waals surface area (Å²) in [5.74, 6) is -0.932. The zero-order valence-electron chi connectivity index (χ0n) is 23.2. The summed E-state index contributed by atoms with van der Waals surface area (Å²) in [5, 5.41) is 9.75. The number of nitrogens with zero attached hydrogens (tertiary/aromatic N) is 3. The van der Waals surface area contributed by atoms with E-state index in [-0.39, 0.29) is 43.3 Å². The lowest BCUT2D eigenvalue weighted by molar-refractivity contribution is -0.149. The van der Waals surface area contributed by atoms with Crippen LogP contribution in [0.2, 0.25) is 18.6 Å². The second-order valence-corrected chi connectivity index (χ2v) is 15.7. The molecule has 5 rings (SSSR count). The van der Waals surface area contributed by atoms with E-state index >= 15 is 4.11 Å². The number of hydrogen-bond donors (Lipinski definition) is 1. The van der Waals surface area contributed by atoms with Gasteiger partial charge in [0.25, 0.3) is 5.91 Å². The Morgan fingerprint density at radius 1 is 1.26 bits per heavy atom. The molecule has 0 radical (unpaired) electrons. The van der Waals surface area contributed by atoms with Crippen LogP contribution < -0.4 is 9.80 Å². The van der Waals surface area contributed by atoms with Crippen molar-refractivity contribution in [3.8, 4) is 0 Å². The number of hydrogen-bond acceptors (Lipinski definition) is 5. The summed E-state index contributed by atoms with van der Waals surface area (Å²) >= 11 is 0. The number of piperidine rings is 1. The van der Waals surface area contributed by atoms with E-state index in [9.17, 15) is 19.5 Å². The van der Waals surface area contributed by atoms with Gasteiger partial charge in [-0.2, -0.15) is 0 Å². The van der Waals surface area contributed by atoms with Gasteiger partial charge in [0.15, 0.2) is 5.60 Å². The van der Waals surface area contributed by atoms with Crippen molar-refractivity contribution in [1.29, 1.82) is 0 Å². The van der Waals surface area contributed by atoms with Crippen LogP contribution in [0, 0.1) is 5.92 Å². The number of benzene rings is 1. The number of carbonyl (C=O) groups is 3. The number of halogens is 1. The van der Waals surface area contributed by atoms with Crippen molar-refractivity contribution in [2.45, 2.75) is 81.8 Å². The van der Waals surface area contributed by atoms with Crippen LogP contribution in [0.5, 0.6) is 0 Å². The van der Waals surface area contributed by atoms with Crippen molar-refractivity contribution < 1.29 is 28.3 Å². The molecule has 0 aromatic heterocycles. The lowest BCUT2D eigenvalue weighted by Crippen LogP contribution is -2.45. The van der Waals surface area contributed by atoms with Gasteiger partial charge in [-0.3, -0.25) is 14.4 Å². The number of aliphatic hydroxyl groups is 1. The maximum Gasteiger partial charge on any atom is 0.264 e. The van der Waals surface area contributed by atoms with E-state index in [2.05, 4.69) is 6.58 Å². The van der Waals surface area contributed by atoms with Crippen molar-refractivity contribution >= 4 is 37.5 Å². The summed E-state index contributed by atoms with van der Waals surface area (Å²) in [7, 11) is -3.42. The third-order valence-corrected chi connectivity index (χ3v) is 11.6. The Balaban J connectivity index is 1.57. The van der Waals surface area contributed by atoms with Crippen LogP contribution in [0.3, 0.4) is 0 Å². The van der Waals surface area contributed by atoms with Gasteiger partial charge in [-0.15, -0.1) is 6.58 Å². The largest absolute Gasteiger partial charge is 0.394 e. The molecule has 8 nitrogen and oxygen atoms in total. The van der Waals surface area contributed by atoms with Crippen LogP contribution in [-0.4, -0.2) is 74.5 Å². The van der Waals surface area contributed by atoms with Crippen LogP contribution in [0.1, 0.15) is 51.0 Å². The fourth-order valence-corrected chi connectivity index (χ4v) is 9.93. The van der Waals surface area contributed by atoms with E-state index < -0.39 is 31.6 Å². The van der Waals surface area contributed by atoms with Gasteiger partial charge in [0.1, 0.15) is 0 Å². The van der Waals surface area contributed by atoms with Crippen LogP contribution >= 0.6 is 0 Å². The molecule has 1 spiro atoms. The molecule has 5 atom stereocenters. The minimum absolute atomic E-state index is 0.0397. The van der Waals surface area contributed by atoms with Crippen LogP contribution in [0.25, 0.3) is 0 Å². The van der Waals surface area contributed by atoms with E-state index in [0.717, 1.165) is 25.7 Å². The molecule has 0 saturated carbocycles. The number of likely N-dealkylation sites (tertiary alicyclic amines) is 1. The zero-order valence-corrected chi connectivity index (χ0v) is 24.2. The van der Waals surface area contributed by atoms with Crippen molar-refractivity contribution in [1.82, 2.24) is 4.90 Å². The molecule has 3 saturated heterocycles.